The Morgan fingerprint density at radius 1 is 1.62 bits per heavy atom. The Morgan fingerprint density at radius 2 is 2.38 bits per heavy atom. The molecule has 0 spiro atoms. The third-order valence-electron chi connectivity index (χ3n) is 2.44. The van der Waals surface area contributed by atoms with E-state index in [0.717, 1.165) is 13.0 Å². The number of hydrogen-bond acceptors (Lipinski definition) is 4. The van der Waals surface area contributed by atoms with Gasteiger partial charge in [-0.15, -0.1) is 0 Å². The summed E-state index contributed by atoms with van der Waals surface area (Å²) >= 11 is 0. The van der Waals surface area contributed by atoms with Crippen LogP contribution in [-0.2, 0) is 16.1 Å². The van der Waals surface area contributed by atoms with E-state index in [4.69, 9.17) is 4.74 Å². The molecule has 0 bridgehead atoms. The molecule has 90 valence electrons. The predicted molar refractivity (Wildman–Crippen MR) is 60.9 cm³/mol. The van der Waals surface area contributed by atoms with Crippen LogP contribution in [-0.4, -0.2) is 34.9 Å². The molecule has 1 unspecified atom stereocenters. The standard InChI is InChI=1S/C11H19N3O2/c1-4-6-12-11(2,10(15)16-3)9-14-8-5-7-13-14/h5,7-8,12H,4,6,9H2,1-3H3. The van der Waals surface area contributed by atoms with Gasteiger partial charge in [-0.25, -0.2) is 4.79 Å². The van der Waals surface area contributed by atoms with Crippen molar-refractivity contribution in [1.29, 1.82) is 0 Å². The van der Waals surface area contributed by atoms with Gasteiger partial charge in [0.15, 0.2) is 0 Å². The SMILES string of the molecule is CCCNC(C)(Cn1cccn1)C(=O)OC. The fourth-order valence-electron chi connectivity index (χ4n) is 1.54. The van der Waals surface area contributed by atoms with Crippen molar-refractivity contribution in [3.8, 4) is 0 Å². The van der Waals surface area contributed by atoms with Gasteiger partial charge in [0.1, 0.15) is 5.54 Å². The van der Waals surface area contributed by atoms with E-state index in [1.807, 2.05) is 19.2 Å². The van der Waals surface area contributed by atoms with Gasteiger partial charge in [-0.3, -0.25) is 4.68 Å². The van der Waals surface area contributed by atoms with Crippen molar-refractivity contribution in [3.63, 3.8) is 0 Å². The number of esters is 1. The number of carbonyl (C=O) groups excluding carboxylic acids is 1. The molecule has 0 amide bonds. The number of rotatable bonds is 6. The van der Waals surface area contributed by atoms with Crippen LogP contribution >= 0.6 is 0 Å². The maximum absolute atomic E-state index is 11.7. The molecule has 0 aromatic carbocycles. The zero-order valence-corrected chi connectivity index (χ0v) is 10.1. The number of ether oxygens (including phenoxy) is 1. The lowest BCUT2D eigenvalue weighted by Crippen LogP contribution is -2.53. The highest BCUT2D eigenvalue weighted by Crippen LogP contribution is 2.09. The highest BCUT2D eigenvalue weighted by molar-refractivity contribution is 5.80. The van der Waals surface area contributed by atoms with Crippen molar-refractivity contribution in [3.05, 3.63) is 18.5 Å². The molecule has 16 heavy (non-hydrogen) atoms. The van der Waals surface area contributed by atoms with Gasteiger partial charge in [0.05, 0.1) is 13.7 Å². The minimum Gasteiger partial charge on any atom is -0.468 e. The summed E-state index contributed by atoms with van der Waals surface area (Å²) in [6, 6.07) is 1.83. The summed E-state index contributed by atoms with van der Waals surface area (Å²) in [5.41, 5.74) is -0.725. The van der Waals surface area contributed by atoms with Gasteiger partial charge < -0.3 is 10.1 Å². The Morgan fingerprint density at radius 3 is 2.88 bits per heavy atom. The van der Waals surface area contributed by atoms with E-state index in [-0.39, 0.29) is 5.97 Å². The lowest BCUT2D eigenvalue weighted by molar-refractivity contribution is -0.148. The van der Waals surface area contributed by atoms with E-state index < -0.39 is 5.54 Å². The molecule has 1 aromatic heterocycles. The normalized spacial score (nSPS) is 14.4. The number of aromatic nitrogens is 2. The average Bonchev–Trinajstić information content (AvgIpc) is 2.77. The Hall–Kier alpha value is -1.36. The largest absolute Gasteiger partial charge is 0.468 e. The summed E-state index contributed by atoms with van der Waals surface area (Å²) in [6.07, 6.45) is 4.48. The van der Waals surface area contributed by atoms with Crippen LogP contribution in [0.4, 0.5) is 0 Å². The Kier molecular flexibility index (Phi) is 4.49. The molecule has 1 atom stereocenters. The van der Waals surface area contributed by atoms with Crippen molar-refractivity contribution >= 4 is 5.97 Å². The maximum atomic E-state index is 11.7. The van der Waals surface area contributed by atoms with Crippen LogP contribution in [0.5, 0.6) is 0 Å². The molecule has 5 nitrogen and oxygen atoms in total. The van der Waals surface area contributed by atoms with Crippen molar-refractivity contribution in [2.45, 2.75) is 32.4 Å². The van der Waals surface area contributed by atoms with Crippen LogP contribution in [0, 0.1) is 0 Å². The average molecular weight is 225 g/mol. The molecule has 0 saturated heterocycles. The van der Waals surface area contributed by atoms with E-state index >= 15 is 0 Å². The molecule has 1 rings (SSSR count). The van der Waals surface area contributed by atoms with Crippen LogP contribution in [0.2, 0.25) is 0 Å². The predicted octanol–water partition coefficient (Wildman–Crippen LogP) is 0.814. The van der Waals surface area contributed by atoms with E-state index in [1.54, 1.807) is 10.9 Å². The molecular formula is C11H19N3O2. The summed E-state index contributed by atoms with van der Waals surface area (Å²) in [6.45, 7) is 5.12. The quantitative estimate of drug-likeness (QED) is 0.728. The van der Waals surface area contributed by atoms with Gasteiger partial charge in [-0.2, -0.15) is 5.10 Å². The molecule has 1 heterocycles. The first kappa shape index (κ1) is 12.7. The van der Waals surface area contributed by atoms with E-state index in [1.165, 1.54) is 7.11 Å². The second-order valence-electron chi connectivity index (χ2n) is 3.95. The van der Waals surface area contributed by atoms with Crippen molar-refractivity contribution in [2.24, 2.45) is 0 Å². The molecular weight excluding hydrogens is 206 g/mol. The van der Waals surface area contributed by atoms with Crippen molar-refractivity contribution < 1.29 is 9.53 Å². The van der Waals surface area contributed by atoms with Gasteiger partial charge in [-0.1, -0.05) is 6.92 Å². The van der Waals surface area contributed by atoms with Crippen LogP contribution in [0.25, 0.3) is 0 Å². The second kappa shape index (κ2) is 5.65. The molecule has 0 aliphatic heterocycles. The molecule has 1 aromatic rings. The summed E-state index contributed by atoms with van der Waals surface area (Å²) in [4.78, 5) is 11.7. The van der Waals surface area contributed by atoms with Gasteiger partial charge >= 0.3 is 5.97 Å². The number of nitrogens with one attached hydrogen (secondary N) is 1. The lowest BCUT2D eigenvalue weighted by atomic mass is 10.0. The molecule has 0 radical (unpaired) electrons. The Bertz CT molecular complexity index is 324. The fraction of sp³-hybridized carbons (Fsp3) is 0.636. The third kappa shape index (κ3) is 3.06. The first-order valence-electron chi connectivity index (χ1n) is 5.43. The minimum absolute atomic E-state index is 0.267. The second-order valence-corrected chi connectivity index (χ2v) is 3.95. The summed E-state index contributed by atoms with van der Waals surface area (Å²) < 4.78 is 6.54. The van der Waals surface area contributed by atoms with Crippen LogP contribution < -0.4 is 5.32 Å². The zero-order chi connectivity index (χ0) is 12.0. The molecule has 0 fully saturated rings. The maximum Gasteiger partial charge on any atom is 0.327 e. The minimum atomic E-state index is -0.725. The van der Waals surface area contributed by atoms with E-state index in [9.17, 15) is 4.79 Å². The fourth-order valence-corrected chi connectivity index (χ4v) is 1.54. The number of nitrogens with zero attached hydrogens (tertiary/aromatic N) is 2. The highest BCUT2D eigenvalue weighted by Gasteiger charge is 2.34. The van der Waals surface area contributed by atoms with Gasteiger partial charge in [0, 0.05) is 12.4 Å². The van der Waals surface area contributed by atoms with Crippen molar-refractivity contribution in [1.82, 2.24) is 15.1 Å². The topological polar surface area (TPSA) is 56.2 Å². The third-order valence-corrected chi connectivity index (χ3v) is 2.44. The first-order chi connectivity index (χ1) is 7.62. The van der Waals surface area contributed by atoms with E-state index in [0.29, 0.717) is 6.54 Å². The smallest absolute Gasteiger partial charge is 0.327 e. The Labute approximate surface area is 95.8 Å². The first-order valence-corrected chi connectivity index (χ1v) is 5.43. The van der Waals surface area contributed by atoms with Gasteiger partial charge in [0.25, 0.3) is 0 Å². The summed E-state index contributed by atoms with van der Waals surface area (Å²) in [5.74, 6) is -0.267. The lowest BCUT2D eigenvalue weighted by Gasteiger charge is -2.27. The van der Waals surface area contributed by atoms with Crippen LogP contribution in [0.15, 0.2) is 18.5 Å². The van der Waals surface area contributed by atoms with Crippen molar-refractivity contribution in [2.75, 3.05) is 13.7 Å². The van der Waals surface area contributed by atoms with Crippen LogP contribution in [0.3, 0.4) is 0 Å². The highest BCUT2D eigenvalue weighted by atomic mass is 16.5. The molecule has 5 heteroatoms. The summed E-state index contributed by atoms with van der Waals surface area (Å²) in [5, 5.41) is 7.29. The molecule has 0 aliphatic carbocycles. The number of hydrogen-bond donors (Lipinski definition) is 1. The van der Waals surface area contributed by atoms with Gasteiger partial charge in [-0.05, 0) is 26.0 Å². The zero-order valence-electron chi connectivity index (χ0n) is 10.1. The number of methoxy groups -OCH3 is 1. The Balaban J connectivity index is 2.73. The monoisotopic (exact) mass is 225 g/mol. The molecule has 1 N–H and O–H groups in total. The van der Waals surface area contributed by atoms with E-state index in [2.05, 4.69) is 17.3 Å². The number of carbonyl (C=O) groups is 1. The molecule has 0 saturated carbocycles. The van der Waals surface area contributed by atoms with Gasteiger partial charge in [0.2, 0.25) is 0 Å². The molecule has 0 aliphatic rings. The van der Waals surface area contributed by atoms with Crippen LogP contribution in [0.1, 0.15) is 20.3 Å². The summed E-state index contributed by atoms with van der Waals surface area (Å²) in [7, 11) is 1.40.